The van der Waals surface area contributed by atoms with Gasteiger partial charge in [-0.1, -0.05) is 11.6 Å². The predicted molar refractivity (Wildman–Crippen MR) is 45.3 cm³/mol. The molecule has 0 radical (unpaired) electrons. The van der Waals surface area contributed by atoms with E-state index in [2.05, 4.69) is 0 Å². The molecule has 4 heteroatoms. The highest BCUT2D eigenvalue weighted by Crippen LogP contribution is 2.20. The van der Waals surface area contributed by atoms with Crippen molar-refractivity contribution in [2.45, 2.75) is 6.92 Å². The van der Waals surface area contributed by atoms with Crippen LogP contribution in [0.5, 0.6) is 0 Å². The van der Waals surface area contributed by atoms with Crippen molar-refractivity contribution >= 4 is 28.9 Å². The molecule has 0 spiro atoms. The van der Waals surface area contributed by atoms with Crippen molar-refractivity contribution in [3.05, 3.63) is 21.3 Å². The summed E-state index contributed by atoms with van der Waals surface area (Å²) in [5.41, 5.74) is 0.457. The van der Waals surface area contributed by atoms with Crippen LogP contribution in [0.2, 0.25) is 5.02 Å². The Bertz CT molecular complexity index is 257. The molecule has 0 unspecified atom stereocenters. The Balaban J connectivity index is 2.76. The minimum atomic E-state index is -0.348. The summed E-state index contributed by atoms with van der Waals surface area (Å²) in [6.45, 7) is 2.14. The summed E-state index contributed by atoms with van der Waals surface area (Å²) < 4.78 is 4.75. The molecule has 0 fully saturated rings. The lowest BCUT2D eigenvalue weighted by molar-refractivity contribution is 0.0527. The van der Waals surface area contributed by atoms with E-state index in [0.29, 0.717) is 17.2 Å². The summed E-state index contributed by atoms with van der Waals surface area (Å²) in [4.78, 5) is 11.0. The molecule has 11 heavy (non-hydrogen) atoms. The van der Waals surface area contributed by atoms with E-state index in [0.717, 1.165) is 0 Å². The number of halogens is 1. The molecule has 1 aromatic heterocycles. The molecule has 0 aliphatic carbocycles. The van der Waals surface area contributed by atoms with Crippen molar-refractivity contribution < 1.29 is 9.53 Å². The first-order chi connectivity index (χ1) is 5.25. The molecular formula is C7H7ClO2S. The maximum atomic E-state index is 11.0. The highest BCUT2D eigenvalue weighted by Gasteiger charge is 2.10. The van der Waals surface area contributed by atoms with Gasteiger partial charge in [0, 0.05) is 10.8 Å². The molecular weight excluding hydrogens is 184 g/mol. The Morgan fingerprint density at radius 2 is 2.45 bits per heavy atom. The van der Waals surface area contributed by atoms with Crippen molar-refractivity contribution in [3.8, 4) is 0 Å². The van der Waals surface area contributed by atoms with E-state index in [1.165, 1.54) is 11.3 Å². The third kappa shape index (κ3) is 1.94. The summed E-state index contributed by atoms with van der Waals surface area (Å²) in [5, 5.41) is 3.85. The second-order valence-corrected chi connectivity index (χ2v) is 3.00. The molecule has 0 aliphatic rings. The Morgan fingerprint density at radius 3 is 2.91 bits per heavy atom. The Labute approximate surface area is 73.7 Å². The van der Waals surface area contributed by atoms with Crippen LogP contribution in [0.3, 0.4) is 0 Å². The number of hydrogen-bond acceptors (Lipinski definition) is 3. The third-order valence-corrected chi connectivity index (χ3v) is 2.30. The van der Waals surface area contributed by atoms with E-state index < -0.39 is 0 Å². The quantitative estimate of drug-likeness (QED) is 0.671. The average Bonchev–Trinajstić information content (AvgIpc) is 2.36. The van der Waals surface area contributed by atoms with E-state index in [-0.39, 0.29) is 5.97 Å². The third-order valence-electron chi connectivity index (χ3n) is 1.11. The lowest BCUT2D eigenvalue weighted by Crippen LogP contribution is -2.03. The van der Waals surface area contributed by atoms with Crippen LogP contribution < -0.4 is 0 Å². The Hall–Kier alpha value is -0.540. The smallest absolute Gasteiger partial charge is 0.340 e. The van der Waals surface area contributed by atoms with Crippen LogP contribution in [-0.4, -0.2) is 12.6 Å². The van der Waals surface area contributed by atoms with Gasteiger partial charge in [-0.2, -0.15) is 0 Å². The topological polar surface area (TPSA) is 26.3 Å². The fourth-order valence-corrected chi connectivity index (χ4v) is 1.66. The van der Waals surface area contributed by atoms with Crippen LogP contribution in [-0.2, 0) is 4.74 Å². The summed E-state index contributed by atoms with van der Waals surface area (Å²) in [6.07, 6.45) is 0. The SMILES string of the molecule is CCOC(=O)c1cscc1Cl. The molecule has 1 rings (SSSR count). The minimum absolute atomic E-state index is 0.348. The monoisotopic (exact) mass is 190 g/mol. The second-order valence-electron chi connectivity index (χ2n) is 1.85. The molecule has 1 heterocycles. The molecule has 0 N–H and O–H groups in total. The van der Waals surface area contributed by atoms with E-state index in [1.807, 2.05) is 0 Å². The molecule has 0 bridgehead atoms. The van der Waals surface area contributed by atoms with Crippen LogP contribution >= 0.6 is 22.9 Å². The summed E-state index contributed by atoms with van der Waals surface area (Å²) in [5.74, 6) is -0.348. The molecule has 0 saturated carbocycles. The van der Waals surface area contributed by atoms with Gasteiger partial charge < -0.3 is 4.74 Å². The van der Waals surface area contributed by atoms with E-state index >= 15 is 0 Å². The first kappa shape index (κ1) is 8.56. The minimum Gasteiger partial charge on any atom is -0.462 e. The zero-order valence-electron chi connectivity index (χ0n) is 5.96. The van der Waals surface area contributed by atoms with Crippen molar-refractivity contribution in [1.82, 2.24) is 0 Å². The zero-order chi connectivity index (χ0) is 8.27. The van der Waals surface area contributed by atoms with Crippen LogP contribution in [0.25, 0.3) is 0 Å². The van der Waals surface area contributed by atoms with Gasteiger partial charge in [0.25, 0.3) is 0 Å². The molecule has 0 saturated heterocycles. The summed E-state index contributed by atoms with van der Waals surface area (Å²) in [7, 11) is 0. The van der Waals surface area contributed by atoms with Gasteiger partial charge in [0.2, 0.25) is 0 Å². The molecule has 0 atom stereocenters. The maximum Gasteiger partial charge on any atom is 0.340 e. The predicted octanol–water partition coefficient (Wildman–Crippen LogP) is 2.58. The van der Waals surface area contributed by atoms with Gasteiger partial charge in [0.1, 0.15) is 0 Å². The zero-order valence-corrected chi connectivity index (χ0v) is 7.54. The molecule has 0 amide bonds. The van der Waals surface area contributed by atoms with Crippen molar-refractivity contribution in [2.75, 3.05) is 6.61 Å². The molecule has 0 aromatic carbocycles. The van der Waals surface area contributed by atoms with Gasteiger partial charge in [0.15, 0.2) is 0 Å². The number of hydrogen-bond donors (Lipinski definition) is 0. The van der Waals surface area contributed by atoms with Gasteiger partial charge >= 0.3 is 5.97 Å². The number of esters is 1. The first-order valence-electron chi connectivity index (χ1n) is 3.14. The van der Waals surface area contributed by atoms with Crippen molar-refractivity contribution in [1.29, 1.82) is 0 Å². The highest BCUT2D eigenvalue weighted by molar-refractivity contribution is 7.08. The van der Waals surface area contributed by atoms with E-state index in [9.17, 15) is 4.79 Å². The summed E-state index contributed by atoms with van der Waals surface area (Å²) in [6, 6.07) is 0. The van der Waals surface area contributed by atoms with Gasteiger partial charge in [-0.3, -0.25) is 0 Å². The average molecular weight is 191 g/mol. The fourth-order valence-electron chi connectivity index (χ4n) is 0.636. The maximum absolute atomic E-state index is 11.0. The van der Waals surface area contributed by atoms with Crippen LogP contribution in [0.4, 0.5) is 0 Å². The van der Waals surface area contributed by atoms with E-state index in [1.54, 1.807) is 17.7 Å². The summed E-state index contributed by atoms with van der Waals surface area (Å²) >= 11 is 7.07. The lowest BCUT2D eigenvalue weighted by Gasteiger charge is -1.97. The fraction of sp³-hybridized carbons (Fsp3) is 0.286. The Morgan fingerprint density at radius 1 is 1.73 bits per heavy atom. The van der Waals surface area contributed by atoms with E-state index in [4.69, 9.17) is 16.3 Å². The first-order valence-corrected chi connectivity index (χ1v) is 4.46. The Kier molecular flexibility index (Phi) is 2.91. The highest BCUT2D eigenvalue weighted by atomic mass is 35.5. The van der Waals surface area contributed by atoms with Crippen LogP contribution in [0.15, 0.2) is 10.8 Å². The number of carbonyl (C=O) groups is 1. The van der Waals surface area contributed by atoms with Crippen molar-refractivity contribution in [3.63, 3.8) is 0 Å². The van der Waals surface area contributed by atoms with Gasteiger partial charge in [-0.15, -0.1) is 11.3 Å². The largest absolute Gasteiger partial charge is 0.462 e. The van der Waals surface area contributed by atoms with Crippen LogP contribution in [0, 0.1) is 0 Å². The normalized spacial score (nSPS) is 9.64. The molecule has 0 aliphatic heterocycles. The van der Waals surface area contributed by atoms with Crippen LogP contribution in [0.1, 0.15) is 17.3 Å². The standard InChI is InChI=1S/C7H7ClO2S/c1-2-10-7(9)5-3-11-4-6(5)8/h3-4H,2H2,1H3. The number of rotatable bonds is 2. The second kappa shape index (κ2) is 3.74. The molecule has 60 valence electrons. The number of carbonyl (C=O) groups excluding carboxylic acids is 1. The van der Waals surface area contributed by atoms with Gasteiger partial charge in [0.05, 0.1) is 17.2 Å². The van der Waals surface area contributed by atoms with Gasteiger partial charge in [-0.05, 0) is 6.92 Å². The molecule has 1 aromatic rings. The van der Waals surface area contributed by atoms with Gasteiger partial charge in [-0.25, -0.2) is 4.79 Å². The lowest BCUT2D eigenvalue weighted by atomic mass is 10.3. The number of thiophene rings is 1. The van der Waals surface area contributed by atoms with Crippen molar-refractivity contribution in [2.24, 2.45) is 0 Å². The number of ether oxygens (including phenoxy) is 1. The molecule has 2 nitrogen and oxygen atoms in total.